The molecule has 7 heteroatoms. The highest BCUT2D eigenvalue weighted by Crippen LogP contribution is 2.36. The molecule has 1 N–H and O–H groups in total. The zero-order valence-corrected chi connectivity index (χ0v) is 16.5. The van der Waals surface area contributed by atoms with E-state index in [4.69, 9.17) is 9.97 Å². The molecule has 3 aromatic rings. The number of aromatic nitrogens is 2. The molecule has 0 atom stereocenters. The van der Waals surface area contributed by atoms with E-state index in [0.717, 1.165) is 58.1 Å². The molecule has 126 valence electrons. The van der Waals surface area contributed by atoms with Crippen molar-refractivity contribution in [3.63, 3.8) is 0 Å². The molecule has 2 aromatic heterocycles. The molecule has 3 heterocycles. The van der Waals surface area contributed by atoms with Crippen LogP contribution in [0.3, 0.4) is 0 Å². The average Bonchev–Trinajstić information content (AvgIpc) is 2.95. The van der Waals surface area contributed by atoms with Crippen molar-refractivity contribution in [1.82, 2.24) is 15.3 Å². The summed E-state index contributed by atoms with van der Waals surface area (Å²) in [5.41, 5.74) is 2.13. The second-order valence-electron chi connectivity index (χ2n) is 5.66. The van der Waals surface area contributed by atoms with Crippen LogP contribution in [0.25, 0.3) is 21.5 Å². The highest BCUT2D eigenvalue weighted by atomic mass is 79.9. The van der Waals surface area contributed by atoms with Crippen molar-refractivity contribution >= 4 is 55.8 Å². The molecule has 1 aromatic carbocycles. The van der Waals surface area contributed by atoms with Gasteiger partial charge >= 0.3 is 0 Å². The Morgan fingerprint density at radius 1 is 1.17 bits per heavy atom. The summed E-state index contributed by atoms with van der Waals surface area (Å²) in [6.07, 6.45) is 0. The Labute approximate surface area is 159 Å². The molecule has 1 saturated heterocycles. The Kier molecular flexibility index (Phi) is 5.39. The van der Waals surface area contributed by atoms with Gasteiger partial charge in [-0.1, -0.05) is 34.1 Å². The summed E-state index contributed by atoms with van der Waals surface area (Å²) in [5, 5.41) is 4.52. The number of nitrogens with zero attached hydrogens (tertiary/aromatic N) is 3. The van der Waals surface area contributed by atoms with E-state index in [1.165, 1.54) is 4.88 Å². The molecule has 0 spiro atoms. The third-order valence-corrected chi connectivity index (χ3v) is 5.67. The number of piperazine rings is 1. The van der Waals surface area contributed by atoms with Crippen LogP contribution >= 0.6 is 39.7 Å². The SMILES string of the molecule is Cc1cc2c(-c3ccccc3Br)nc(N3CCNCC3)nc2s1.Cl. The lowest BCUT2D eigenvalue weighted by Gasteiger charge is -2.27. The summed E-state index contributed by atoms with van der Waals surface area (Å²) in [6, 6.07) is 10.4. The fourth-order valence-corrected chi connectivity index (χ4v) is 4.24. The molecular formula is C17H18BrClN4S. The number of hydrogen-bond donors (Lipinski definition) is 1. The number of thiophene rings is 1. The number of rotatable bonds is 2. The number of benzene rings is 1. The van der Waals surface area contributed by atoms with Gasteiger partial charge in [0, 0.05) is 46.5 Å². The lowest BCUT2D eigenvalue weighted by atomic mass is 10.1. The van der Waals surface area contributed by atoms with Gasteiger partial charge in [0.1, 0.15) is 4.83 Å². The molecule has 0 unspecified atom stereocenters. The molecule has 1 aliphatic rings. The third kappa shape index (κ3) is 3.28. The summed E-state index contributed by atoms with van der Waals surface area (Å²) >= 11 is 5.40. The Hall–Kier alpha value is -1.21. The molecular weight excluding hydrogens is 408 g/mol. The van der Waals surface area contributed by atoms with E-state index in [-0.39, 0.29) is 12.4 Å². The topological polar surface area (TPSA) is 41.1 Å². The number of hydrogen-bond acceptors (Lipinski definition) is 5. The zero-order chi connectivity index (χ0) is 15.8. The first kappa shape index (κ1) is 17.6. The minimum atomic E-state index is 0. The maximum atomic E-state index is 4.93. The van der Waals surface area contributed by atoms with Gasteiger partial charge in [0.15, 0.2) is 0 Å². The van der Waals surface area contributed by atoms with Gasteiger partial charge in [-0.2, -0.15) is 0 Å². The number of anilines is 1. The number of nitrogens with one attached hydrogen (secondary N) is 1. The lowest BCUT2D eigenvalue weighted by molar-refractivity contribution is 0.581. The summed E-state index contributed by atoms with van der Waals surface area (Å²) < 4.78 is 1.06. The van der Waals surface area contributed by atoms with Crippen LogP contribution in [-0.2, 0) is 0 Å². The first-order chi connectivity index (χ1) is 11.2. The van der Waals surface area contributed by atoms with Crippen LogP contribution in [0.1, 0.15) is 4.88 Å². The van der Waals surface area contributed by atoms with Crippen LogP contribution in [0.5, 0.6) is 0 Å². The second kappa shape index (κ2) is 7.35. The molecule has 0 saturated carbocycles. The molecule has 1 aliphatic heterocycles. The molecule has 0 bridgehead atoms. The van der Waals surface area contributed by atoms with E-state index < -0.39 is 0 Å². The molecule has 4 rings (SSSR count). The van der Waals surface area contributed by atoms with Gasteiger partial charge in [-0.25, -0.2) is 9.97 Å². The van der Waals surface area contributed by atoms with Gasteiger partial charge in [0.2, 0.25) is 5.95 Å². The zero-order valence-electron chi connectivity index (χ0n) is 13.3. The quantitative estimate of drug-likeness (QED) is 0.666. The summed E-state index contributed by atoms with van der Waals surface area (Å²) in [6.45, 7) is 5.99. The van der Waals surface area contributed by atoms with Gasteiger partial charge in [0.25, 0.3) is 0 Å². The average molecular weight is 426 g/mol. The highest BCUT2D eigenvalue weighted by molar-refractivity contribution is 9.10. The minimum Gasteiger partial charge on any atom is -0.338 e. The Bertz CT molecular complexity index is 861. The van der Waals surface area contributed by atoms with E-state index in [9.17, 15) is 0 Å². The number of fused-ring (bicyclic) bond motifs is 1. The van der Waals surface area contributed by atoms with Crippen LogP contribution in [0.2, 0.25) is 0 Å². The Morgan fingerprint density at radius 3 is 2.67 bits per heavy atom. The van der Waals surface area contributed by atoms with E-state index in [1.54, 1.807) is 11.3 Å². The van der Waals surface area contributed by atoms with Crippen molar-refractivity contribution in [3.05, 3.63) is 39.7 Å². The molecule has 4 nitrogen and oxygen atoms in total. The van der Waals surface area contributed by atoms with Crippen LogP contribution in [0.15, 0.2) is 34.8 Å². The van der Waals surface area contributed by atoms with Crippen LogP contribution < -0.4 is 10.2 Å². The van der Waals surface area contributed by atoms with Crippen molar-refractivity contribution in [2.24, 2.45) is 0 Å². The van der Waals surface area contributed by atoms with Gasteiger partial charge in [-0.05, 0) is 19.1 Å². The standard InChI is InChI=1S/C17H17BrN4S.ClH/c1-11-10-13-15(12-4-2-3-5-14(12)18)20-17(21-16(13)23-11)22-8-6-19-7-9-22;/h2-5,10,19H,6-9H2,1H3;1H. The van der Waals surface area contributed by atoms with E-state index in [0.29, 0.717) is 0 Å². The molecule has 0 radical (unpaired) electrons. The molecule has 0 amide bonds. The van der Waals surface area contributed by atoms with E-state index in [2.05, 4.69) is 57.3 Å². The molecule has 24 heavy (non-hydrogen) atoms. The van der Waals surface area contributed by atoms with Crippen molar-refractivity contribution in [1.29, 1.82) is 0 Å². The summed E-state index contributed by atoms with van der Waals surface area (Å²) in [7, 11) is 0. The predicted molar refractivity (Wildman–Crippen MR) is 108 cm³/mol. The summed E-state index contributed by atoms with van der Waals surface area (Å²) in [4.78, 5) is 14.4. The van der Waals surface area contributed by atoms with Crippen molar-refractivity contribution in [2.75, 3.05) is 31.1 Å². The van der Waals surface area contributed by atoms with Gasteiger partial charge in [0.05, 0.1) is 5.69 Å². The normalized spacial score (nSPS) is 14.7. The van der Waals surface area contributed by atoms with Crippen LogP contribution in [-0.4, -0.2) is 36.1 Å². The number of aryl methyl sites for hydroxylation is 1. The fourth-order valence-electron chi connectivity index (χ4n) is 2.90. The van der Waals surface area contributed by atoms with E-state index >= 15 is 0 Å². The smallest absolute Gasteiger partial charge is 0.227 e. The lowest BCUT2D eigenvalue weighted by Crippen LogP contribution is -2.44. The second-order valence-corrected chi connectivity index (χ2v) is 7.75. The minimum absolute atomic E-state index is 0. The van der Waals surface area contributed by atoms with Crippen molar-refractivity contribution < 1.29 is 0 Å². The molecule has 0 aliphatic carbocycles. The largest absolute Gasteiger partial charge is 0.338 e. The first-order valence-corrected chi connectivity index (χ1v) is 9.32. The van der Waals surface area contributed by atoms with E-state index in [1.807, 2.05) is 6.07 Å². The Balaban J connectivity index is 0.00000169. The highest BCUT2D eigenvalue weighted by Gasteiger charge is 2.19. The first-order valence-electron chi connectivity index (χ1n) is 7.71. The summed E-state index contributed by atoms with van der Waals surface area (Å²) in [5.74, 6) is 0.839. The predicted octanol–water partition coefficient (Wildman–Crippen LogP) is 4.26. The monoisotopic (exact) mass is 424 g/mol. The fraction of sp³-hybridized carbons (Fsp3) is 0.294. The Morgan fingerprint density at radius 2 is 1.92 bits per heavy atom. The van der Waals surface area contributed by atoms with Gasteiger partial charge in [-0.15, -0.1) is 23.7 Å². The van der Waals surface area contributed by atoms with Gasteiger partial charge < -0.3 is 10.2 Å². The maximum Gasteiger partial charge on any atom is 0.227 e. The molecule has 1 fully saturated rings. The van der Waals surface area contributed by atoms with Crippen molar-refractivity contribution in [2.45, 2.75) is 6.92 Å². The third-order valence-electron chi connectivity index (χ3n) is 4.03. The van der Waals surface area contributed by atoms with Crippen LogP contribution in [0, 0.1) is 6.92 Å². The van der Waals surface area contributed by atoms with Gasteiger partial charge in [-0.3, -0.25) is 0 Å². The van der Waals surface area contributed by atoms with Crippen molar-refractivity contribution in [3.8, 4) is 11.3 Å². The van der Waals surface area contributed by atoms with Crippen LogP contribution in [0.4, 0.5) is 5.95 Å². The maximum absolute atomic E-state index is 4.93. The number of halogens is 2.